The van der Waals surface area contributed by atoms with E-state index in [9.17, 15) is 0 Å². The van der Waals surface area contributed by atoms with Gasteiger partial charge in [-0.25, -0.2) is 0 Å². The Morgan fingerprint density at radius 1 is 1.14 bits per heavy atom. The predicted molar refractivity (Wildman–Crippen MR) is 86.8 cm³/mol. The first-order valence-corrected chi connectivity index (χ1v) is 8.11. The van der Waals surface area contributed by atoms with Crippen LogP contribution in [0.2, 0.25) is 0 Å². The summed E-state index contributed by atoms with van der Waals surface area (Å²) in [5.41, 5.74) is 13.8. The van der Waals surface area contributed by atoms with Crippen LogP contribution in [0.25, 0.3) is 5.69 Å². The van der Waals surface area contributed by atoms with E-state index in [1.807, 2.05) is 0 Å². The number of nitrogens with zero attached hydrogens (tertiary/aromatic N) is 1. The van der Waals surface area contributed by atoms with E-state index in [1.54, 1.807) is 0 Å². The van der Waals surface area contributed by atoms with E-state index in [2.05, 4.69) is 48.9 Å². The highest BCUT2D eigenvalue weighted by molar-refractivity contribution is 5.46. The van der Waals surface area contributed by atoms with Crippen LogP contribution in [0.1, 0.15) is 55.1 Å². The van der Waals surface area contributed by atoms with Gasteiger partial charge in [0.15, 0.2) is 0 Å². The number of nitrogens with two attached hydrogens (primary N) is 1. The molecular formula is C19H24N2. The number of hydrogen-bond acceptors (Lipinski definition) is 1. The monoisotopic (exact) mass is 280 g/mol. The highest BCUT2D eigenvalue weighted by Gasteiger charge is 2.32. The van der Waals surface area contributed by atoms with Gasteiger partial charge in [0.2, 0.25) is 0 Å². The normalized spacial score (nSPS) is 22.9. The average Bonchev–Trinajstić information content (AvgIpc) is 3.02. The Morgan fingerprint density at radius 2 is 1.95 bits per heavy atom. The third-order valence-electron chi connectivity index (χ3n) is 5.21. The molecule has 0 saturated heterocycles. The minimum atomic E-state index is 0.180. The molecule has 110 valence electrons. The van der Waals surface area contributed by atoms with E-state index >= 15 is 0 Å². The molecule has 2 nitrogen and oxygen atoms in total. The van der Waals surface area contributed by atoms with Crippen LogP contribution in [0, 0.1) is 5.41 Å². The molecule has 0 saturated carbocycles. The lowest BCUT2D eigenvalue weighted by Crippen LogP contribution is -2.30. The maximum absolute atomic E-state index is 6.39. The number of aromatic nitrogens is 1. The summed E-state index contributed by atoms with van der Waals surface area (Å²) in [5, 5.41) is 0. The summed E-state index contributed by atoms with van der Waals surface area (Å²) >= 11 is 0. The standard InChI is InChI=1S/C19H24N2/c1-19(2)11-17(20)16-8-9-21(18(16)12-19)15-7-6-13-4-3-5-14(13)10-15/h6-10,17H,3-5,11-12,20H2,1-2H3. The lowest BCUT2D eigenvalue weighted by Gasteiger charge is -2.34. The topological polar surface area (TPSA) is 30.9 Å². The van der Waals surface area contributed by atoms with Crippen LogP contribution in [0.5, 0.6) is 0 Å². The molecule has 2 aliphatic rings. The van der Waals surface area contributed by atoms with Crippen LogP contribution < -0.4 is 5.73 Å². The minimum absolute atomic E-state index is 0.180. The van der Waals surface area contributed by atoms with Crippen LogP contribution in [0.3, 0.4) is 0 Å². The number of aryl methyl sites for hydroxylation is 2. The molecule has 2 aromatic rings. The summed E-state index contributed by atoms with van der Waals surface area (Å²) in [6.45, 7) is 4.66. The van der Waals surface area contributed by atoms with Crippen LogP contribution in [-0.2, 0) is 19.3 Å². The SMILES string of the molecule is CC1(C)Cc2c(ccn2-c2ccc3c(c2)CCC3)C(N)C1. The van der Waals surface area contributed by atoms with Gasteiger partial charge in [-0.05, 0) is 72.4 Å². The van der Waals surface area contributed by atoms with Gasteiger partial charge in [-0.1, -0.05) is 19.9 Å². The van der Waals surface area contributed by atoms with E-state index in [4.69, 9.17) is 5.73 Å². The van der Waals surface area contributed by atoms with E-state index in [1.165, 1.54) is 47.3 Å². The first-order chi connectivity index (χ1) is 10.0. The molecule has 1 aromatic heterocycles. The first-order valence-electron chi connectivity index (χ1n) is 8.11. The van der Waals surface area contributed by atoms with Gasteiger partial charge in [-0.2, -0.15) is 0 Å². The Labute approximate surface area is 127 Å². The zero-order valence-electron chi connectivity index (χ0n) is 13.0. The third kappa shape index (κ3) is 2.13. The molecule has 0 bridgehead atoms. The largest absolute Gasteiger partial charge is 0.324 e. The van der Waals surface area contributed by atoms with Gasteiger partial charge in [0, 0.05) is 23.6 Å². The van der Waals surface area contributed by atoms with Crippen LogP contribution in [0.15, 0.2) is 30.5 Å². The maximum atomic E-state index is 6.39. The van der Waals surface area contributed by atoms with Gasteiger partial charge < -0.3 is 10.3 Å². The van der Waals surface area contributed by atoms with Crippen LogP contribution >= 0.6 is 0 Å². The molecule has 2 aliphatic carbocycles. The summed E-state index contributed by atoms with van der Waals surface area (Å²) in [6, 6.07) is 9.38. The molecule has 0 aliphatic heterocycles. The summed E-state index contributed by atoms with van der Waals surface area (Å²) < 4.78 is 2.37. The number of benzene rings is 1. The molecule has 0 spiro atoms. The number of hydrogen-bond donors (Lipinski definition) is 1. The summed E-state index contributed by atoms with van der Waals surface area (Å²) in [5.74, 6) is 0. The molecule has 4 rings (SSSR count). The second kappa shape index (κ2) is 4.48. The Hall–Kier alpha value is -1.54. The third-order valence-corrected chi connectivity index (χ3v) is 5.21. The van der Waals surface area contributed by atoms with Crippen LogP contribution in [-0.4, -0.2) is 4.57 Å². The molecule has 0 radical (unpaired) electrons. The van der Waals surface area contributed by atoms with Crippen molar-refractivity contribution in [2.45, 2.75) is 52.0 Å². The van der Waals surface area contributed by atoms with Crippen molar-refractivity contribution in [2.24, 2.45) is 11.1 Å². The predicted octanol–water partition coefficient (Wildman–Crippen LogP) is 3.94. The second-order valence-electron chi connectivity index (χ2n) is 7.55. The van der Waals surface area contributed by atoms with Crippen molar-refractivity contribution in [1.82, 2.24) is 4.57 Å². The van der Waals surface area contributed by atoms with Crippen molar-refractivity contribution in [3.8, 4) is 5.69 Å². The Balaban J connectivity index is 1.80. The van der Waals surface area contributed by atoms with Gasteiger partial charge in [0.1, 0.15) is 0 Å². The Morgan fingerprint density at radius 3 is 2.81 bits per heavy atom. The van der Waals surface area contributed by atoms with Crippen molar-refractivity contribution in [2.75, 3.05) is 0 Å². The molecule has 2 N–H and O–H groups in total. The van der Waals surface area contributed by atoms with E-state index in [0.717, 1.165) is 12.8 Å². The van der Waals surface area contributed by atoms with Crippen molar-refractivity contribution < 1.29 is 0 Å². The van der Waals surface area contributed by atoms with Gasteiger partial charge in [-0.15, -0.1) is 0 Å². The fourth-order valence-electron chi connectivity index (χ4n) is 4.19. The van der Waals surface area contributed by atoms with E-state index < -0.39 is 0 Å². The van der Waals surface area contributed by atoms with Gasteiger partial charge in [0.25, 0.3) is 0 Å². The van der Waals surface area contributed by atoms with Crippen molar-refractivity contribution in [3.05, 3.63) is 52.8 Å². The van der Waals surface area contributed by atoms with Crippen LogP contribution in [0.4, 0.5) is 0 Å². The Kier molecular flexibility index (Phi) is 2.80. The van der Waals surface area contributed by atoms with Gasteiger partial charge >= 0.3 is 0 Å². The number of fused-ring (bicyclic) bond motifs is 2. The molecule has 0 amide bonds. The summed E-state index contributed by atoms with van der Waals surface area (Å²) in [4.78, 5) is 0. The summed E-state index contributed by atoms with van der Waals surface area (Å²) in [6.07, 6.45) is 8.19. The van der Waals surface area contributed by atoms with Crippen molar-refractivity contribution in [1.29, 1.82) is 0 Å². The van der Waals surface area contributed by atoms with Gasteiger partial charge in [-0.3, -0.25) is 0 Å². The molecule has 2 heteroatoms. The maximum Gasteiger partial charge on any atom is 0.0455 e. The molecule has 1 unspecified atom stereocenters. The average molecular weight is 280 g/mol. The fraction of sp³-hybridized carbons (Fsp3) is 0.474. The Bertz CT molecular complexity index is 694. The first kappa shape index (κ1) is 13.1. The second-order valence-corrected chi connectivity index (χ2v) is 7.55. The molecular weight excluding hydrogens is 256 g/mol. The zero-order valence-corrected chi connectivity index (χ0v) is 13.0. The van der Waals surface area contributed by atoms with Crippen molar-refractivity contribution in [3.63, 3.8) is 0 Å². The summed E-state index contributed by atoms with van der Waals surface area (Å²) in [7, 11) is 0. The van der Waals surface area contributed by atoms with E-state index in [-0.39, 0.29) is 6.04 Å². The van der Waals surface area contributed by atoms with Gasteiger partial charge in [0.05, 0.1) is 0 Å². The molecule has 1 atom stereocenters. The fourth-order valence-corrected chi connectivity index (χ4v) is 4.19. The minimum Gasteiger partial charge on any atom is -0.324 e. The molecule has 1 aromatic carbocycles. The lowest BCUT2D eigenvalue weighted by atomic mass is 9.74. The molecule has 21 heavy (non-hydrogen) atoms. The lowest BCUT2D eigenvalue weighted by molar-refractivity contribution is 0.278. The smallest absolute Gasteiger partial charge is 0.0455 e. The molecule has 1 heterocycles. The zero-order chi connectivity index (χ0) is 14.6. The quantitative estimate of drug-likeness (QED) is 0.843. The highest BCUT2D eigenvalue weighted by atomic mass is 15.0. The number of rotatable bonds is 1. The van der Waals surface area contributed by atoms with E-state index in [0.29, 0.717) is 5.41 Å². The highest BCUT2D eigenvalue weighted by Crippen LogP contribution is 2.41. The van der Waals surface area contributed by atoms with Crippen molar-refractivity contribution >= 4 is 0 Å². The molecule has 0 fully saturated rings.